The van der Waals surface area contributed by atoms with E-state index in [4.69, 9.17) is 4.74 Å². The molecule has 0 fully saturated rings. The van der Waals surface area contributed by atoms with Crippen molar-refractivity contribution in [3.05, 3.63) is 72.9 Å². The maximum atomic E-state index is 11.8. The van der Waals surface area contributed by atoms with Crippen LogP contribution in [0.25, 0.3) is 0 Å². The first-order valence-electron chi connectivity index (χ1n) is 18.0. The molecule has 0 aromatic carbocycles. The highest BCUT2D eigenvalue weighted by Gasteiger charge is 2.01. The lowest BCUT2D eigenvalue weighted by Crippen LogP contribution is -2.06. The topological polar surface area (TPSA) is 43.4 Å². The van der Waals surface area contributed by atoms with Crippen molar-refractivity contribution in [3.8, 4) is 0 Å². The van der Waals surface area contributed by atoms with Crippen molar-refractivity contribution < 1.29 is 14.3 Å². The number of unbranched alkanes of at least 4 members (excludes halogenated alkanes) is 22. The Kier molecular flexibility index (Phi) is 33.8. The smallest absolute Gasteiger partial charge is 0.338 e. The van der Waals surface area contributed by atoms with E-state index in [1.54, 1.807) is 24.3 Å². The van der Waals surface area contributed by atoms with E-state index >= 15 is 0 Å². The van der Waals surface area contributed by atoms with Gasteiger partial charge >= 0.3 is 11.9 Å². The number of rotatable bonds is 30. The maximum Gasteiger partial charge on any atom is 0.338 e. The fourth-order valence-corrected chi connectivity index (χ4v) is 4.89. The Labute approximate surface area is 266 Å². The first-order valence-corrected chi connectivity index (χ1v) is 18.0. The lowest BCUT2D eigenvalue weighted by atomic mass is 10.1. The summed E-state index contributed by atoms with van der Waals surface area (Å²) in [6.07, 6.45) is 53.4. The van der Waals surface area contributed by atoms with Gasteiger partial charge in [0.25, 0.3) is 0 Å². The van der Waals surface area contributed by atoms with Crippen LogP contribution in [0.5, 0.6) is 0 Å². The van der Waals surface area contributed by atoms with Crippen molar-refractivity contribution in [2.75, 3.05) is 0 Å². The first kappa shape index (κ1) is 40.6. The summed E-state index contributed by atoms with van der Waals surface area (Å²) in [7, 11) is 0. The average molecular weight is 595 g/mol. The Morgan fingerprint density at radius 2 is 0.651 bits per heavy atom. The molecule has 0 spiro atoms. The molecule has 0 atom stereocenters. The SMILES string of the molecule is CCCCCCCCCCCCC/C=C/C=C/C=C/C(=O)OC(=O)/C=C/C=C/C=C/CCCCCCCCCCCCC. The van der Waals surface area contributed by atoms with Gasteiger partial charge in [-0.15, -0.1) is 0 Å². The molecule has 0 amide bonds. The molecule has 0 saturated heterocycles. The van der Waals surface area contributed by atoms with E-state index in [1.165, 1.54) is 153 Å². The van der Waals surface area contributed by atoms with Gasteiger partial charge in [-0.05, 0) is 25.7 Å². The molecule has 3 nitrogen and oxygen atoms in total. The fourth-order valence-electron chi connectivity index (χ4n) is 4.89. The number of hydrogen-bond acceptors (Lipinski definition) is 3. The molecule has 0 aromatic heterocycles. The molecule has 43 heavy (non-hydrogen) atoms. The van der Waals surface area contributed by atoms with E-state index in [9.17, 15) is 9.59 Å². The quantitative estimate of drug-likeness (QED) is 0.0273. The van der Waals surface area contributed by atoms with Crippen molar-refractivity contribution in [3.63, 3.8) is 0 Å². The van der Waals surface area contributed by atoms with E-state index in [0.717, 1.165) is 12.8 Å². The molecule has 0 aliphatic rings. The number of carbonyl (C=O) groups is 2. The second-order valence-electron chi connectivity index (χ2n) is 11.7. The normalized spacial score (nSPS) is 12.4. The van der Waals surface area contributed by atoms with Crippen LogP contribution in [0.1, 0.15) is 168 Å². The maximum absolute atomic E-state index is 11.8. The van der Waals surface area contributed by atoms with Gasteiger partial charge in [0.15, 0.2) is 0 Å². The molecule has 0 aromatic rings. The molecule has 0 rings (SSSR count). The number of carbonyl (C=O) groups excluding carboxylic acids is 2. The van der Waals surface area contributed by atoms with Crippen LogP contribution >= 0.6 is 0 Å². The van der Waals surface area contributed by atoms with Crippen LogP contribution < -0.4 is 0 Å². The molecular formula is C40H66O3. The summed E-state index contributed by atoms with van der Waals surface area (Å²) in [5.41, 5.74) is 0. The monoisotopic (exact) mass is 595 g/mol. The zero-order chi connectivity index (χ0) is 31.3. The average Bonchev–Trinajstić information content (AvgIpc) is 3.00. The van der Waals surface area contributed by atoms with Gasteiger partial charge in [0.2, 0.25) is 0 Å². The largest absolute Gasteiger partial charge is 0.387 e. The van der Waals surface area contributed by atoms with Crippen molar-refractivity contribution in [2.45, 2.75) is 168 Å². The van der Waals surface area contributed by atoms with E-state index in [-0.39, 0.29) is 0 Å². The third kappa shape index (κ3) is 35.7. The van der Waals surface area contributed by atoms with Gasteiger partial charge in [-0.2, -0.15) is 0 Å². The molecular weight excluding hydrogens is 528 g/mol. The highest BCUT2D eigenvalue weighted by Crippen LogP contribution is 2.13. The summed E-state index contributed by atoms with van der Waals surface area (Å²) in [5, 5.41) is 0. The molecule has 0 aliphatic carbocycles. The Bertz CT molecular complexity index is 731. The Morgan fingerprint density at radius 1 is 0.372 bits per heavy atom. The van der Waals surface area contributed by atoms with Crippen LogP contribution in [0, 0.1) is 0 Å². The van der Waals surface area contributed by atoms with Gasteiger partial charge < -0.3 is 4.74 Å². The minimum Gasteiger partial charge on any atom is -0.387 e. The van der Waals surface area contributed by atoms with Crippen molar-refractivity contribution >= 4 is 11.9 Å². The predicted molar refractivity (Wildman–Crippen MR) is 188 cm³/mol. The molecule has 0 N–H and O–H groups in total. The van der Waals surface area contributed by atoms with Gasteiger partial charge in [0, 0.05) is 12.2 Å². The summed E-state index contributed by atoms with van der Waals surface area (Å²) < 4.78 is 4.75. The van der Waals surface area contributed by atoms with Crippen LogP contribution in [-0.2, 0) is 14.3 Å². The number of allylic oxidation sites excluding steroid dienone is 10. The lowest BCUT2D eigenvalue weighted by Gasteiger charge is -2.01. The van der Waals surface area contributed by atoms with Crippen LogP contribution in [-0.4, -0.2) is 11.9 Å². The van der Waals surface area contributed by atoms with Gasteiger partial charge in [-0.3, -0.25) is 0 Å². The van der Waals surface area contributed by atoms with Crippen molar-refractivity contribution in [1.82, 2.24) is 0 Å². The highest BCUT2D eigenvalue weighted by atomic mass is 16.6. The fraction of sp³-hybridized carbons (Fsp3) is 0.650. The van der Waals surface area contributed by atoms with E-state index in [2.05, 4.69) is 26.0 Å². The highest BCUT2D eigenvalue weighted by molar-refractivity contribution is 5.96. The van der Waals surface area contributed by atoms with Crippen molar-refractivity contribution in [1.29, 1.82) is 0 Å². The lowest BCUT2D eigenvalue weighted by molar-refractivity contribution is -0.152. The van der Waals surface area contributed by atoms with Gasteiger partial charge in [0.1, 0.15) is 0 Å². The van der Waals surface area contributed by atoms with Crippen LogP contribution in [0.4, 0.5) is 0 Å². The molecule has 0 heterocycles. The zero-order valence-corrected chi connectivity index (χ0v) is 28.1. The number of hydrogen-bond donors (Lipinski definition) is 0. The summed E-state index contributed by atoms with van der Waals surface area (Å²) in [5.74, 6) is -1.33. The Hall–Kier alpha value is -2.42. The summed E-state index contributed by atoms with van der Waals surface area (Å²) in [6.45, 7) is 4.54. The molecule has 0 aliphatic heterocycles. The van der Waals surface area contributed by atoms with Crippen molar-refractivity contribution in [2.24, 2.45) is 0 Å². The third-order valence-corrected chi connectivity index (χ3v) is 7.55. The molecule has 0 bridgehead atoms. The molecule has 0 radical (unpaired) electrons. The molecule has 244 valence electrons. The summed E-state index contributed by atoms with van der Waals surface area (Å²) in [4.78, 5) is 23.5. The van der Waals surface area contributed by atoms with E-state index in [1.807, 2.05) is 24.3 Å². The molecule has 3 heteroatoms. The van der Waals surface area contributed by atoms with E-state index in [0.29, 0.717) is 0 Å². The van der Waals surface area contributed by atoms with Gasteiger partial charge in [-0.1, -0.05) is 203 Å². The molecule has 0 unspecified atom stereocenters. The van der Waals surface area contributed by atoms with Gasteiger partial charge in [-0.25, -0.2) is 9.59 Å². The van der Waals surface area contributed by atoms with Gasteiger partial charge in [0.05, 0.1) is 0 Å². The third-order valence-electron chi connectivity index (χ3n) is 7.55. The number of ether oxygens (including phenoxy) is 1. The van der Waals surface area contributed by atoms with Crippen LogP contribution in [0.3, 0.4) is 0 Å². The summed E-state index contributed by atoms with van der Waals surface area (Å²) >= 11 is 0. The summed E-state index contributed by atoms with van der Waals surface area (Å²) in [6, 6.07) is 0. The Morgan fingerprint density at radius 3 is 0.977 bits per heavy atom. The second kappa shape index (κ2) is 35.8. The minimum absolute atomic E-state index is 0.667. The molecule has 0 saturated carbocycles. The van der Waals surface area contributed by atoms with Crippen LogP contribution in [0.2, 0.25) is 0 Å². The standard InChI is InChI=1S/C40H66O3/c1-3-5-7-9-11-13-15-17-19-21-23-25-27-29-31-33-35-37-39(41)43-40(42)38-36-34-32-30-28-26-24-22-20-18-16-14-12-10-8-6-4-2/h27-38H,3-26H2,1-2H3/b29-27+,30-28+,33-31+,34-32+,37-35+,38-36+. The first-order chi connectivity index (χ1) is 21.2. The Balaban J connectivity index is 3.67. The second-order valence-corrected chi connectivity index (χ2v) is 11.7. The number of esters is 2. The van der Waals surface area contributed by atoms with Crippen LogP contribution in [0.15, 0.2) is 72.9 Å². The minimum atomic E-state index is -0.667. The zero-order valence-electron chi connectivity index (χ0n) is 28.1. The predicted octanol–water partition coefficient (Wildman–Crippen LogP) is 12.8. The van der Waals surface area contributed by atoms with E-state index < -0.39 is 11.9 Å².